The fourth-order valence-corrected chi connectivity index (χ4v) is 4.84. The van der Waals surface area contributed by atoms with Crippen molar-refractivity contribution in [2.75, 3.05) is 11.5 Å². The Morgan fingerprint density at radius 3 is 2.12 bits per heavy atom. The summed E-state index contributed by atoms with van der Waals surface area (Å²) in [7, 11) is 0. The molecule has 0 saturated heterocycles. The van der Waals surface area contributed by atoms with Crippen molar-refractivity contribution in [2.24, 2.45) is 0 Å². The van der Waals surface area contributed by atoms with E-state index in [0.717, 1.165) is 17.9 Å². The minimum atomic E-state index is 0.159. The molecule has 0 amide bonds. The van der Waals surface area contributed by atoms with E-state index < -0.39 is 0 Å². The lowest BCUT2D eigenvalue weighted by Crippen LogP contribution is -2.17. The van der Waals surface area contributed by atoms with E-state index in [4.69, 9.17) is 0 Å². The van der Waals surface area contributed by atoms with E-state index in [0.29, 0.717) is 0 Å². The average molecular weight is 252 g/mol. The lowest BCUT2D eigenvalue weighted by atomic mass is 10.1. The van der Waals surface area contributed by atoms with Gasteiger partial charge in [0.15, 0.2) is 0 Å². The van der Waals surface area contributed by atoms with Gasteiger partial charge in [0.1, 0.15) is 0 Å². The van der Waals surface area contributed by atoms with Crippen LogP contribution in [0.2, 0.25) is 0 Å². The average Bonchev–Trinajstić information content (AvgIpc) is 2.31. The maximum atomic E-state index is 3.91. The Kier molecular flexibility index (Phi) is 6.07. The third-order valence-electron chi connectivity index (χ3n) is 2.38. The van der Waals surface area contributed by atoms with E-state index in [1.54, 1.807) is 0 Å². The molecule has 0 spiro atoms. The van der Waals surface area contributed by atoms with Gasteiger partial charge in [-0.2, -0.15) is 0 Å². The van der Waals surface area contributed by atoms with Gasteiger partial charge in [0.05, 0.1) is 4.08 Å². The molecule has 0 heterocycles. The van der Waals surface area contributed by atoms with Crippen LogP contribution in [-0.2, 0) is 4.08 Å². The number of benzene rings is 1. The van der Waals surface area contributed by atoms with Crippen LogP contribution in [0.25, 0.3) is 0 Å². The molecule has 0 atom stereocenters. The summed E-state index contributed by atoms with van der Waals surface area (Å²) in [5, 5.41) is 0. The Morgan fingerprint density at radius 2 is 1.69 bits per heavy atom. The number of thioether (sulfide) groups is 2. The molecule has 0 radical (unpaired) electrons. The van der Waals surface area contributed by atoms with Crippen LogP contribution in [0, 0.1) is 0 Å². The molecule has 0 aromatic heterocycles. The molecule has 1 aromatic carbocycles. The minimum Gasteiger partial charge on any atom is -0.139 e. The lowest BCUT2D eigenvalue weighted by Gasteiger charge is -2.31. The Bertz CT molecular complexity index is 300. The Balaban J connectivity index is 3.04. The zero-order valence-corrected chi connectivity index (χ0v) is 11.7. The largest absolute Gasteiger partial charge is 0.139 e. The van der Waals surface area contributed by atoms with Crippen molar-refractivity contribution in [3.05, 3.63) is 48.6 Å². The second kappa shape index (κ2) is 7.08. The fraction of sp³-hybridized carbons (Fsp3) is 0.429. The van der Waals surface area contributed by atoms with Gasteiger partial charge >= 0.3 is 0 Å². The van der Waals surface area contributed by atoms with E-state index >= 15 is 0 Å². The minimum absolute atomic E-state index is 0.159. The highest BCUT2D eigenvalue weighted by Gasteiger charge is 2.30. The number of hydrogen-bond donors (Lipinski definition) is 0. The molecule has 0 saturated carbocycles. The van der Waals surface area contributed by atoms with Crippen molar-refractivity contribution < 1.29 is 0 Å². The monoisotopic (exact) mass is 252 g/mol. The van der Waals surface area contributed by atoms with Crippen molar-refractivity contribution in [1.82, 2.24) is 0 Å². The topological polar surface area (TPSA) is 0 Å². The van der Waals surface area contributed by atoms with Gasteiger partial charge < -0.3 is 0 Å². The van der Waals surface area contributed by atoms with Crippen LogP contribution in [-0.4, -0.2) is 11.5 Å². The van der Waals surface area contributed by atoms with Crippen molar-refractivity contribution in [2.45, 2.75) is 24.3 Å². The van der Waals surface area contributed by atoms with E-state index in [1.165, 1.54) is 5.56 Å². The predicted octanol–water partition coefficient (Wildman–Crippen LogP) is 4.92. The summed E-state index contributed by atoms with van der Waals surface area (Å²) >= 11 is 4.04. The molecule has 1 rings (SSSR count). The van der Waals surface area contributed by atoms with Crippen molar-refractivity contribution in [1.29, 1.82) is 0 Å². The van der Waals surface area contributed by atoms with Gasteiger partial charge in [0.2, 0.25) is 0 Å². The highest BCUT2D eigenvalue weighted by atomic mass is 32.2. The van der Waals surface area contributed by atoms with Gasteiger partial charge in [-0.1, -0.05) is 50.3 Å². The highest BCUT2D eigenvalue weighted by Crippen LogP contribution is 2.49. The number of rotatable bonds is 7. The second-order valence-corrected chi connectivity index (χ2v) is 6.86. The van der Waals surface area contributed by atoms with E-state index in [2.05, 4.69) is 50.8 Å². The van der Waals surface area contributed by atoms with Gasteiger partial charge in [-0.3, -0.25) is 0 Å². The summed E-state index contributed by atoms with van der Waals surface area (Å²) < 4.78 is 0.159. The lowest BCUT2D eigenvalue weighted by molar-refractivity contribution is 0.896. The van der Waals surface area contributed by atoms with Gasteiger partial charge in [-0.05, 0) is 23.5 Å². The zero-order valence-electron chi connectivity index (χ0n) is 10.1. The summed E-state index contributed by atoms with van der Waals surface area (Å²) in [4.78, 5) is 0. The molecular formula is C14H20S2. The smallest absolute Gasteiger partial charge is 0.0894 e. The van der Waals surface area contributed by atoms with Crippen LogP contribution < -0.4 is 0 Å². The second-order valence-electron chi connectivity index (χ2n) is 3.48. The summed E-state index contributed by atoms with van der Waals surface area (Å²) in [5.74, 6) is 2.27. The number of allylic oxidation sites excluding steroid dienone is 1. The first kappa shape index (κ1) is 13.7. The standard InChI is InChI=1S/C14H20S2/c1-4-12-14(15-5-2,16-6-3)13-10-8-7-9-11-13/h4,7-11H,1,5-6,12H2,2-3H3. The van der Waals surface area contributed by atoms with Crippen LogP contribution in [0.4, 0.5) is 0 Å². The van der Waals surface area contributed by atoms with Crippen LogP contribution in [0.5, 0.6) is 0 Å². The molecule has 0 nitrogen and oxygen atoms in total. The van der Waals surface area contributed by atoms with E-state index in [9.17, 15) is 0 Å². The molecule has 88 valence electrons. The first-order valence-electron chi connectivity index (χ1n) is 5.73. The van der Waals surface area contributed by atoms with Gasteiger partial charge in [0.25, 0.3) is 0 Å². The molecule has 0 unspecified atom stereocenters. The van der Waals surface area contributed by atoms with Crippen LogP contribution in [0.15, 0.2) is 43.0 Å². The van der Waals surface area contributed by atoms with Gasteiger partial charge in [-0.15, -0.1) is 30.1 Å². The Labute approximate surface area is 108 Å². The Hall–Kier alpha value is -0.340. The van der Waals surface area contributed by atoms with E-state index in [1.807, 2.05) is 29.6 Å². The van der Waals surface area contributed by atoms with Crippen LogP contribution in [0.3, 0.4) is 0 Å². The predicted molar refractivity (Wildman–Crippen MR) is 79.2 cm³/mol. The molecule has 0 bridgehead atoms. The van der Waals surface area contributed by atoms with Gasteiger partial charge in [0, 0.05) is 0 Å². The normalized spacial score (nSPS) is 11.4. The molecule has 0 fully saturated rings. The fourth-order valence-electron chi connectivity index (χ4n) is 1.79. The number of hydrogen-bond acceptors (Lipinski definition) is 2. The van der Waals surface area contributed by atoms with E-state index in [-0.39, 0.29) is 4.08 Å². The first-order chi connectivity index (χ1) is 7.79. The molecule has 2 heteroatoms. The molecular weight excluding hydrogens is 232 g/mol. The maximum Gasteiger partial charge on any atom is 0.0894 e. The summed E-state index contributed by atoms with van der Waals surface area (Å²) in [6.45, 7) is 8.36. The summed E-state index contributed by atoms with van der Waals surface area (Å²) in [5.41, 5.74) is 1.41. The van der Waals surface area contributed by atoms with Crippen LogP contribution >= 0.6 is 23.5 Å². The third kappa shape index (κ3) is 3.33. The first-order valence-corrected chi connectivity index (χ1v) is 7.70. The maximum absolute atomic E-state index is 3.91. The third-order valence-corrected chi connectivity index (χ3v) is 5.40. The van der Waals surface area contributed by atoms with Crippen molar-refractivity contribution in [3.63, 3.8) is 0 Å². The zero-order chi connectivity index (χ0) is 11.9. The quantitative estimate of drug-likeness (QED) is 0.499. The molecule has 0 aliphatic rings. The Morgan fingerprint density at radius 1 is 1.12 bits per heavy atom. The molecule has 0 aliphatic heterocycles. The highest BCUT2D eigenvalue weighted by molar-refractivity contribution is 8.17. The summed E-state index contributed by atoms with van der Waals surface area (Å²) in [6.07, 6.45) is 3.06. The molecule has 16 heavy (non-hydrogen) atoms. The van der Waals surface area contributed by atoms with Gasteiger partial charge in [-0.25, -0.2) is 0 Å². The molecule has 1 aromatic rings. The molecule has 0 N–H and O–H groups in total. The van der Waals surface area contributed by atoms with Crippen molar-refractivity contribution >= 4 is 23.5 Å². The SMILES string of the molecule is C=CCC(SCC)(SCC)c1ccccc1. The summed E-state index contributed by atoms with van der Waals surface area (Å²) in [6, 6.07) is 10.8. The van der Waals surface area contributed by atoms with Crippen molar-refractivity contribution in [3.8, 4) is 0 Å². The molecule has 0 aliphatic carbocycles. The van der Waals surface area contributed by atoms with Crippen LogP contribution in [0.1, 0.15) is 25.8 Å².